The largest absolute Gasteiger partial charge is 0.394 e. The van der Waals surface area contributed by atoms with E-state index in [1.165, 1.54) is 54.1 Å². The lowest BCUT2D eigenvalue weighted by Gasteiger charge is -2.17. The van der Waals surface area contributed by atoms with Crippen LogP contribution < -0.4 is 11.1 Å². The Morgan fingerprint density at radius 3 is 2.58 bits per heavy atom. The zero-order valence-electron chi connectivity index (χ0n) is 20.2. The molecule has 0 radical (unpaired) electrons. The molecular formula is C26H34N6O4. The fourth-order valence-corrected chi connectivity index (χ4v) is 5.00. The molecule has 2 fully saturated rings. The maximum atomic E-state index is 10.4. The molecule has 5 rings (SSSR count). The second-order valence-electron chi connectivity index (χ2n) is 9.66. The number of imidazole rings is 1. The highest BCUT2D eigenvalue weighted by Crippen LogP contribution is 2.32. The Morgan fingerprint density at radius 2 is 1.86 bits per heavy atom. The van der Waals surface area contributed by atoms with Crippen LogP contribution in [-0.4, -0.2) is 66.3 Å². The smallest absolute Gasteiger partial charge is 0.226 e. The average molecular weight is 495 g/mol. The Kier molecular flexibility index (Phi) is 7.47. The van der Waals surface area contributed by atoms with Gasteiger partial charge in [-0.25, -0.2) is 4.98 Å². The summed E-state index contributed by atoms with van der Waals surface area (Å²) in [4.78, 5) is 13.1. The zero-order valence-corrected chi connectivity index (χ0v) is 20.2. The molecule has 1 aliphatic heterocycles. The molecule has 0 bridgehead atoms. The molecule has 6 N–H and O–H groups in total. The van der Waals surface area contributed by atoms with Gasteiger partial charge < -0.3 is 31.1 Å². The van der Waals surface area contributed by atoms with Crippen molar-refractivity contribution >= 4 is 29.0 Å². The molecule has 4 atom stereocenters. The summed E-state index contributed by atoms with van der Waals surface area (Å²) >= 11 is 0. The Bertz CT molecular complexity index is 1190. The molecule has 3 aromatic rings. The lowest BCUT2D eigenvalue weighted by molar-refractivity contribution is -0.0511. The molecule has 2 unspecified atom stereocenters. The molecule has 1 aliphatic carbocycles. The number of anilines is 2. The molecule has 0 spiro atoms. The van der Waals surface area contributed by atoms with Gasteiger partial charge in [0, 0.05) is 6.54 Å². The van der Waals surface area contributed by atoms with Crippen LogP contribution in [-0.2, 0) is 11.2 Å². The van der Waals surface area contributed by atoms with Crippen LogP contribution in [0.2, 0.25) is 0 Å². The number of aliphatic hydroxyl groups excluding tert-OH is 3. The van der Waals surface area contributed by atoms with Crippen molar-refractivity contribution in [2.75, 3.05) is 24.2 Å². The van der Waals surface area contributed by atoms with Crippen molar-refractivity contribution in [1.29, 1.82) is 0 Å². The van der Waals surface area contributed by atoms with Gasteiger partial charge in [-0.1, -0.05) is 55.7 Å². The number of nitrogen functional groups attached to an aromatic ring is 1. The number of allylic oxidation sites excluding steroid dienone is 1. The molecule has 10 nitrogen and oxygen atoms in total. The summed E-state index contributed by atoms with van der Waals surface area (Å²) < 4.78 is 7.12. The molecule has 0 amide bonds. The Labute approximate surface area is 209 Å². The van der Waals surface area contributed by atoms with Crippen molar-refractivity contribution < 1.29 is 20.1 Å². The first kappa shape index (κ1) is 24.6. The van der Waals surface area contributed by atoms with Crippen molar-refractivity contribution in [3.8, 4) is 0 Å². The van der Waals surface area contributed by atoms with E-state index in [9.17, 15) is 15.3 Å². The number of nitrogens with two attached hydrogens (primary N) is 1. The Hall–Kier alpha value is -3.05. The summed E-state index contributed by atoms with van der Waals surface area (Å²) in [7, 11) is 0. The van der Waals surface area contributed by atoms with Gasteiger partial charge in [-0.05, 0) is 36.3 Å². The van der Waals surface area contributed by atoms with E-state index in [1.54, 1.807) is 0 Å². The number of aromatic nitrogens is 4. The van der Waals surface area contributed by atoms with Gasteiger partial charge in [-0.2, -0.15) is 9.97 Å². The summed E-state index contributed by atoms with van der Waals surface area (Å²) in [5.74, 6) is 1.25. The molecule has 1 saturated heterocycles. The molecule has 3 heterocycles. The fraction of sp³-hybridized carbons (Fsp3) is 0.500. The zero-order chi connectivity index (χ0) is 25.1. The first-order valence-electron chi connectivity index (χ1n) is 12.7. The van der Waals surface area contributed by atoms with E-state index in [4.69, 9.17) is 10.5 Å². The van der Waals surface area contributed by atoms with E-state index >= 15 is 0 Å². The third-order valence-electron chi connectivity index (χ3n) is 7.13. The van der Waals surface area contributed by atoms with Crippen molar-refractivity contribution in [2.45, 2.75) is 63.1 Å². The second-order valence-corrected chi connectivity index (χ2v) is 9.66. The molecule has 2 aromatic heterocycles. The number of fused-ring (bicyclic) bond motifs is 1. The van der Waals surface area contributed by atoms with Crippen molar-refractivity contribution in [2.24, 2.45) is 5.92 Å². The molecule has 36 heavy (non-hydrogen) atoms. The number of hydrogen-bond acceptors (Lipinski definition) is 9. The number of ether oxygens (including phenoxy) is 1. The van der Waals surface area contributed by atoms with Crippen LogP contribution in [0.5, 0.6) is 0 Å². The van der Waals surface area contributed by atoms with E-state index in [2.05, 4.69) is 56.7 Å². The van der Waals surface area contributed by atoms with Crippen LogP contribution in [0.1, 0.15) is 49.5 Å². The summed E-state index contributed by atoms with van der Waals surface area (Å²) in [6, 6.07) is 8.57. The van der Waals surface area contributed by atoms with Crippen LogP contribution in [0.3, 0.4) is 0 Å². The van der Waals surface area contributed by atoms with Crippen LogP contribution in [0.4, 0.5) is 11.8 Å². The summed E-state index contributed by atoms with van der Waals surface area (Å²) in [5.41, 5.74) is 9.26. The third kappa shape index (κ3) is 5.22. The minimum atomic E-state index is -1.24. The van der Waals surface area contributed by atoms with Gasteiger partial charge in [0.25, 0.3) is 0 Å². The lowest BCUT2D eigenvalue weighted by Crippen LogP contribution is -2.33. The SMILES string of the molecule is Nc1nc(NCCc2ccc(C=CC3CCCCC3)cc2)nc2c1ncn2[C@@H]1O[C@H](CO)C(O)C1O. The van der Waals surface area contributed by atoms with E-state index < -0.39 is 31.1 Å². The molecule has 1 saturated carbocycles. The second kappa shape index (κ2) is 10.9. The number of benzene rings is 1. The summed E-state index contributed by atoms with van der Waals surface area (Å²) in [6.07, 6.45) is 9.17. The average Bonchev–Trinajstić information content (AvgIpc) is 3.45. The number of rotatable bonds is 8. The van der Waals surface area contributed by atoms with Crippen molar-refractivity contribution in [1.82, 2.24) is 19.5 Å². The topological polar surface area (TPSA) is 152 Å². The minimum absolute atomic E-state index is 0.196. The normalized spacial score (nSPS) is 25.2. The molecule has 192 valence electrons. The van der Waals surface area contributed by atoms with Crippen molar-refractivity contribution in [3.05, 3.63) is 47.8 Å². The van der Waals surface area contributed by atoms with Gasteiger partial charge in [0.15, 0.2) is 17.7 Å². The van der Waals surface area contributed by atoms with Crippen LogP contribution in [0, 0.1) is 5.92 Å². The van der Waals surface area contributed by atoms with Crippen LogP contribution in [0.25, 0.3) is 17.2 Å². The van der Waals surface area contributed by atoms with E-state index in [0.29, 0.717) is 29.6 Å². The predicted octanol–water partition coefficient (Wildman–Crippen LogP) is 2.27. The number of aliphatic hydroxyl groups is 3. The van der Waals surface area contributed by atoms with E-state index in [0.717, 1.165) is 6.42 Å². The molecule has 10 heteroatoms. The van der Waals surface area contributed by atoms with Crippen molar-refractivity contribution in [3.63, 3.8) is 0 Å². The number of hydrogen-bond donors (Lipinski definition) is 5. The quantitative estimate of drug-likeness (QED) is 0.317. The van der Waals surface area contributed by atoms with Gasteiger partial charge in [-0.3, -0.25) is 4.57 Å². The first-order chi connectivity index (χ1) is 17.5. The highest BCUT2D eigenvalue weighted by Gasteiger charge is 2.44. The third-order valence-corrected chi connectivity index (χ3v) is 7.13. The number of nitrogens with one attached hydrogen (secondary N) is 1. The highest BCUT2D eigenvalue weighted by atomic mass is 16.6. The number of nitrogens with zero attached hydrogens (tertiary/aromatic N) is 4. The van der Waals surface area contributed by atoms with Crippen LogP contribution in [0.15, 0.2) is 36.7 Å². The minimum Gasteiger partial charge on any atom is -0.394 e. The van der Waals surface area contributed by atoms with Gasteiger partial charge in [0.2, 0.25) is 5.95 Å². The van der Waals surface area contributed by atoms with Gasteiger partial charge >= 0.3 is 0 Å². The maximum absolute atomic E-state index is 10.4. The predicted molar refractivity (Wildman–Crippen MR) is 137 cm³/mol. The molecular weight excluding hydrogens is 460 g/mol. The molecule has 2 aliphatic rings. The van der Waals surface area contributed by atoms with Gasteiger partial charge in [-0.15, -0.1) is 0 Å². The maximum Gasteiger partial charge on any atom is 0.226 e. The Balaban J connectivity index is 1.22. The summed E-state index contributed by atoms with van der Waals surface area (Å²) in [5, 5.41) is 33.1. The fourth-order valence-electron chi connectivity index (χ4n) is 5.00. The molecule has 1 aromatic carbocycles. The Morgan fingerprint density at radius 1 is 1.08 bits per heavy atom. The van der Waals surface area contributed by atoms with Gasteiger partial charge in [0.1, 0.15) is 23.8 Å². The lowest BCUT2D eigenvalue weighted by atomic mass is 9.89. The van der Waals surface area contributed by atoms with E-state index in [1.807, 2.05) is 0 Å². The standard InChI is InChI=1S/C26H34N6O4/c27-23-20-24(32(15-29-20)25-22(35)21(34)19(14-33)36-25)31-26(30-23)28-13-12-18-10-8-17(9-11-18)7-6-16-4-2-1-3-5-16/h6-11,15-16,19,21-22,25,33-35H,1-5,12-14H2,(H3,27,28,30,31)/t19-,21?,22?,25-/m1/s1. The van der Waals surface area contributed by atoms with Crippen LogP contribution >= 0.6 is 0 Å². The van der Waals surface area contributed by atoms with E-state index in [-0.39, 0.29) is 5.82 Å². The summed E-state index contributed by atoms with van der Waals surface area (Å²) in [6.45, 7) is 0.188. The monoisotopic (exact) mass is 494 g/mol. The first-order valence-corrected chi connectivity index (χ1v) is 12.7. The highest BCUT2D eigenvalue weighted by molar-refractivity contribution is 5.83. The van der Waals surface area contributed by atoms with Gasteiger partial charge in [0.05, 0.1) is 12.9 Å².